The molecule has 1 atom stereocenters. The highest BCUT2D eigenvalue weighted by molar-refractivity contribution is 6.35. The number of rotatable bonds is 6. The first kappa shape index (κ1) is 14.8. The van der Waals surface area contributed by atoms with Crippen molar-refractivity contribution in [2.24, 2.45) is 0 Å². The molecule has 0 aromatic carbocycles. The van der Waals surface area contributed by atoms with E-state index in [0.717, 1.165) is 0 Å². The molecule has 94 valence electrons. The summed E-state index contributed by atoms with van der Waals surface area (Å²) in [6, 6.07) is 0. The van der Waals surface area contributed by atoms with E-state index in [1.165, 1.54) is 21.1 Å². The van der Waals surface area contributed by atoms with Crippen LogP contribution in [0.15, 0.2) is 0 Å². The van der Waals surface area contributed by atoms with Gasteiger partial charge in [-0.25, -0.2) is 0 Å². The average molecular weight is 234 g/mol. The Bertz CT molecular complexity index is 228. The summed E-state index contributed by atoms with van der Waals surface area (Å²) >= 11 is 0. The van der Waals surface area contributed by atoms with Crippen LogP contribution in [0.5, 0.6) is 0 Å². The third kappa shape index (κ3) is 6.33. The van der Waals surface area contributed by atoms with Gasteiger partial charge in [0.05, 0.1) is 12.6 Å². The fourth-order valence-corrected chi connectivity index (χ4v) is 0.840. The maximum absolute atomic E-state index is 11.2. The van der Waals surface area contributed by atoms with Gasteiger partial charge in [-0.2, -0.15) is 0 Å². The predicted octanol–water partition coefficient (Wildman–Crippen LogP) is -1.78. The molecule has 0 fully saturated rings. The number of ether oxygens (including phenoxy) is 2. The Kier molecular flexibility index (Phi) is 7.44. The standard InChI is InChI=1S/C9H18N2O5/c1-6(12)4-10-8(13)9(14)11-5-7(15-2)16-3/h6-7,12H,4-5H2,1-3H3,(H,10,13)(H,11,14). The predicted molar refractivity (Wildman–Crippen MR) is 55.5 cm³/mol. The summed E-state index contributed by atoms with van der Waals surface area (Å²) in [6.07, 6.45) is -1.28. The molecule has 0 saturated carbocycles. The van der Waals surface area contributed by atoms with Crippen LogP contribution >= 0.6 is 0 Å². The quantitative estimate of drug-likeness (QED) is 0.373. The van der Waals surface area contributed by atoms with Gasteiger partial charge >= 0.3 is 11.8 Å². The van der Waals surface area contributed by atoms with Crippen molar-refractivity contribution in [3.63, 3.8) is 0 Å². The van der Waals surface area contributed by atoms with Crippen LogP contribution < -0.4 is 10.6 Å². The maximum Gasteiger partial charge on any atom is 0.309 e. The molecule has 0 saturated heterocycles. The lowest BCUT2D eigenvalue weighted by atomic mass is 10.4. The number of carbonyl (C=O) groups is 2. The molecule has 0 rings (SSSR count). The first-order chi connectivity index (χ1) is 7.51. The lowest BCUT2D eigenvalue weighted by Crippen LogP contribution is -2.44. The van der Waals surface area contributed by atoms with E-state index in [0.29, 0.717) is 0 Å². The largest absolute Gasteiger partial charge is 0.392 e. The highest BCUT2D eigenvalue weighted by Crippen LogP contribution is 1.87. The Morgan fingerprint density at radius 2 is 1.56 bits per heavy atom. The Labute approximate surface area is 94.1 Å². The number of hydrogen-bond acceptors (Lipinski definition) is 5. The van der Waals surface area contributed by atoms with E-state index in [-0.39, 0.29) is 13.1 Å². The van der Waals surface area contributed by atoms with Gasteiger partial charge < -0.3 is 25.2 Å². The summed E-state index contributed by atoms with van der Waals surface area (Å²) in [4.78, 5) is 22.3. The minimum absolute atomic E-state index is 0.0320. The third-order valence-electron chi connectivity index (χ3n) is 1.72. The molecule has 0 aliphatic carbocycles. The number of hydrogen-bond donors (Lipinski definition) is 3. The lowest BCUT2D eigenvalue weighted by molar-refractivity contribution is -0.142. The van der Waals surface area contributed by atoms with E-state index < -0.39 is 24.2 Å². The molecule has 16 heavy (non-hydrogen) atoms. The van der Waals surface area contributed by atoms with Gasteiger partial charge in [0.25, 0.3) is 0 Å². The summed E-state index contributed by atoms with van der Waals surface area (Å²) in [6.45, 7) is 1.61. The summed E-state index contributed by atoms with van der Waals surface area (Å²) in [5.74, 6) is -1.59. The van der Waals surface area contributed by atoms with Gasteiger partial charge in [-0.05, 0) is 6.92 Å². The second-order valence-electron chi connectivity index (χ2n) is 3.17. The molecule has 7 heteroatoms. The highest BCUT2D eigenvalue weighted by Gasteiger charge is 2.15. The van der Waals surface area contributed by atoms with E-state index in [4.69, 9.17) is 14.6 Å². The van der Waals surface area contributed by atoms with Crippen molar-refractivity contribution in [1.29, 1.82) is 0 Å². The molecule has 0 heterocycles. The van der Waals surface area contributed by atoms with Crippen LogP contribution in [0.1, 0.15) is 6.92 Å². The monoisotopic (exact) mass is 234 g/mol. The van der Waals surface area contributed by atoms with Gasteiger partial charge in [0.1, 0.15) is 0 Å². The van der Waals surface area contributed by atoms with Crippen molar-refractivity contribution in [2.75, 3.05) is 27.3 Å². The average Bonchev–Trinajstić information content (AvgIpc) is 2.26. The minimum atomic E-state index is -0.799. The molecule has 0 aromatic rings. The molecule has 1 unspecified atom stereocenters. The van der Waals surface area contributed by atoms with Crippen LogP contribution in [0.25, 0.3) is 0 Å². The van der Waals surface area contributed by atoms with Crippen molar-refractivity contribution >= 4 is 11.8 Å². The van der Waals surface area contributed by atoms with Crippen LogP contribution in [-0.2, 0) is 19.1 Å². The molecular formula is C9H18N2O5. The topological polar surface area (TPSA) is 96.9 Å². The maximum atomic E-state index is 11.2. The van der Waals surface area contributed by atoms with Gasteiger partial charge in [0.15, 0.2) is 6.29 Å². The number of nitrogens with one attached hydrogen (secondary N) is 2. The SMILES string of the molecule is COC(CNC(=O)C(=O)NCC(C)O)OC. The molecule has 7 nitrogen and oxygen atoms in total. The van der Waals surface area contributed by atoms with Crippen molar-refractivity contribution < 1.29 is 24.2 Å². The van der Waals surface area contributed by atoms with Crippen LogP contribution in [0.3, 0.4) is 0 Å². The Morgan fingerprint density at radius 3 is 1.94 bits per heavy atom. The summed E-state index contributed by atoms with van der Waals surface area (Å²) in [5.41, 5.74) is 0. The van der Waals surface area contributed by atoms with E-state index in [1.54, 1.807) is 0 Å². The number of carbonyl (C=O) groups excluding carboxylic acids is 2. The van der Waals surface area contributed by atoms with Crippen LogP contribution in [0.4, 0.5) is 0 Å². The van der Waals surface area contributed by atoms with Gasteiger partial charge in [-0.3, -0.25) is 9.59 Å². The van der Waals surface area contributed by atoms with Crippen molar-refractivity contribution in [3.05, 3.63) is 0 Å². The highest BCUT2D eigenvalue weighted by atomic mass is 16.7. The molecule has 0 radical (unpaired) electrons. The zero-order chi connectivity index (χ0) is 12.6. The molecule has 0 aromatic heterocycles. The fourth-order valence-electron chi connectivity index (χ4n) is 0.840. The van der Waals surface area contributed by atoms with Crippen molar-refractivity contribution in [2.45, 2.75) is 19.3 Å². The number of aliphatic hydroxyl groups excluding tert-OH is 1. The smallest absolute Gasteiger partial charge is 0.309 e. The first-order valence-corrected chi connectivity index (χ1v) is 4.81. The minimum Gasteiger partial charge on any atom is -0.392 e. The number of aliphatic hydroxyl groups is 1. The summed E-state index contributed by atoms with van der Waals surface area (Å²) < 4.78 is 9.64. The normalized spacial score (nSPS) is 12.3. The first-order valence-electron chi connectivity index (χ1n) is 4.81. The summed E-state index contributed by atoms with van der Waals surface area (Å²) in [5, 5.41) is 13.5. The van der Waals surface area contributed by atoms with Gasteiger partial charge in [-0.1, -0.05) is 0 Å². The molecule has 0 aliphatic heterocycles. The Hall–Kier alpha value is -1.18. The van der Waals surface area contributed by atoms with Crippen molar-refractivity contribution in [3.8, 4) is 0 Å². The molecule has 0 aliphatic rings. The molecular weight excluding hydrogens is 216 g/mol. The molecule has 0 bridgehead atoms. The summed E-state index contributed by atoms with van der Waals surface area (Å²) in [7, 11) is 2.85. The van der Waals surface area contributed by atoms with Gasteiger partial charge in [0.2, 0.25) is 0 Å². The van der Waals surface area contributed by atoms with Crippen LogP contribution in [0.2, 0.25) is 0 Å². The second-order valence-corrected chi connectivity index (χ2v) is 3.17. The number of methoxy groups -OCH3 is 2. The van der Waals surface area contributed by atoms with E-state index in [9.17, 15) is 9.59 Å². The Morgan fingerprint density at radius 1 is 1.12 bits per heavy atom. The van der Waals surface area contributed by atoms with E-state index in [1.807, 2.05) is 0 Å². The van der Waals surface area contributed by atoms with Gasteiger partial charge in [0, 0.05) is 20.8 Å². The Balaban J connectivity index is 3.83. The lowest BCUT2D eigenvalue weighted by Gasteiger charge is -2.13. The molecule has 3 N–H and O–H groups in total. The fraction of sp³-hybridized carbons (Fsp3) is 0.778. The third-order valence-corrected chi connectivity index (χ3v) is 1.72. The molecule has 0 spiro atoms. The zero-order valence-electron chi connectivity index (χ0n) is 9.65. The van der Waals surface area contributed by atoms with Crippen LogP contribution in [0, 0.1) is 0 Å². The molecule has 2 amide bonds. The second kappa shape index (κ2) is 8.03. The van der Waals surface area contributed by atoms with E-state index in [2.05, 4.69) is 10.6 Å². The van der Waals surface area contributed by atoms with Crippen LogP contribution in [-0.4, -0.2) is 56.6 Å². The van der Waals surface area contributed by atoms with Crippen molar-refractivity contribution in [1.82, 2.24) is 10.6 Å². The number of amides is 2. The zero-order valence-corrected chi connectivity index (χ0v) is 9.65. The van der Waals surface area contributed by atoms with Gasteiger partial charge in [-0.15, -0.1) is 0 Å². The van der Waals surface area contributed by atoms with E-state index >= 15 is 0 Å².